The van der Waals surface area contributed by atoms with E-state index in [-0.39, 0.29) is 17.3 Å². The van der Waals surface area contributed by atoms with Crippen LogP contribution in [0, 0.1) is 5.82 Å². The zero-order valence-electron chi connectivity index (χ0n) is 10.9. The molecule has 8 heteroatoms. The van der Waals surface area contributed by atoms with Crippen LogP contribution in [0.25, 0.3) is 11.4 Å². The van der Waals surface area contributed by atoms with Crippen LogP contribution in [0.3, 0.4) is 0 Å². The number of hydrogen-bond acceptors (Lipinski definition) is 4. The summed E-state index contributed by atoms with van der Waals surface area (Å²) in [5.41, 5.74) is -1.62. The second kappa shape index (κ2) is 4.52. The predicted octanol–water partition coefficient (Wildman–Crippen LogP) is 3.18. The van der Waals surface area contributed by atoms with Crippen molar-refractivity contribution in [2.24, 2.45) is 0 Å². The molecular weight excluding hydrogens is 292 g/mol. The lowest BCUT2D eigenvalue weighted by Crippen LogP contribution is -2.44. The monoisotopic (exact) mass is 302 g/mol. The third kappa shape index (κ3) is 2.39. The van der Waals surface area contributed by atoms with E-state index in [0.717, 1.165) is 12.1 Å². The Hall–Kier alpha value is -1.96. The van der Waals surface area contributed by atoms with Crippen molar-refractivity contribution in [2.45, 2.75) is 18.5 Å². The number of alkyl halides is 3. The van der Waals surface area contributed by atoms with Crippen molar-refractivity contribution in [2.75, 3.05) is 13.2 Å². The van der Waals surface area contributed by atoms with Crippen molar-refractivity contribution in [1.82, 2.24) is 10.1 Å². The van der Waals surface area contributed by atoms with Gasteiger partial charge >= 0.3 is 6.18 Å². The molecule has 1 fully saturated rings. The summed E-state index contributed by atoms with van der Waals surface area (Å²) < 4.78 is 61.4. The zero-order valence-corrected chi connectivity index (χ0v) is 10.9. The van der Waals surface area contributed by atoms with Crippen molar-refractivity contribution < 1.29 is 26.8 Å². The molecule has 1 aliphatic rings. The third-order valence-electron chi connectivity index (χ3n) is 3.32. The fraction of sp³-hybridized carbons (Fsp3) is 0.385. The highest BCUT2D eigenvalue weighted by Crippen LogP contribution is 2.34. The zero-order chi connectivity index (χ0) is 15.3. The van der Waals surface area contributed by atoms with Crippen LogP contribution in [-0.4, -0.2) is 23.4 Å². The Morgan fingerprint density at radius 3 is 2.48 bits per heavy atom. The third-order valence-corrected chi connectivity index (χ3v) is 3.32. The second-order valence-corrected chi connectivity index (χ2v) is 5.17. The molecule has 0 bridgehead atoms. The van der Waals surface area contributed by atoms with Gasteiger partial charge in [0.25, 0.3) is 0 Å². The molecule has 0 unspecified atom stereocenters. The van der Waals surface area contributed by atoms with Crippen LogP contribution in [0.2, 0.25) is 0 Å². The minimum atomic E-state index is -4.60. The summed E-state index contributed by atoms with van der Waals surface area (Å²) in [6.07, 6.45) is -4.60. The largest absolute Gasteiger partial charge is 0.416 e. The van der Waals surface area contributed by atoms with Crippen LogP contribution in [-0.2, 0) is 16.3 Å². The molecule has 1 aliphatic heterocycles. The molecule has 2 aromatic rings. The standard InChI is InChI=1S/C13H10F4N2O2/c1-12(5-20-6-12)11-18-10(19-21-11)8-3-2-7(4-9(8)14)13(15,16)17/h2-4H,5-6H2,1H3. The van der Waals surface area contributed by atoms with Crippen LogP contribution >= 0.6 is 0 Å². The Bertz CT molecular complexity index is 677. The first kappa shape index (κ1) is 14.0. The van der Waals surface area contributed by atoms with Crippen LogP contribution in [0.15, 0.2) is 22.7 Å². The number of benzene rings is 1. The molecule has 1 saturated heterocycles. The van der Waals surface area contributed by atoms with Gasteiger partial charge in [-0.05, 0) is 25.1 Å². The van der Waals surface area contributed by atoms with Crippen molar-refractivity contribution in [3.8, 4) is 11.4 Å². The van der Waals surface area contributed by atoms with Gasteiger partial charge in [-0.15, -0.1) is 0 Å². The van der Waals surface area contributed by atoms with E-state index >= 15 is 0 Å². The molecule has 0 atom stereocenters. The van der Waals surface area contributed by atoms with Gasteiger partial charge in [-0.25, -0.2) is 4.39 Å². The molecule has 3 rings (SSSR count). The molecule has 4 nitrogen and oxygen atoms in total. The maximum atomic E-state index is 13.8. The highest BCUT2D eigenvalue weighted by atomic mass is 19.4. The maximum Gasteiger partial charge on any atom is 0.416 e. The molecule has 21 heavy (non-hydrogen) atoms. The van der Waals surface area contributed by atoms with E-state index < -0.39 is 23.0 Å². The molecule has 0 aliphatic carbocycles. The fourth-order valence-corrected chi connectivity index (χ4v) is 1.98. The smallest absolute Gasteiger partial charge is 0.379 e. The summed E-state index contributed by atoms with van der Waals surface area (Å²) >= 11 is 0. The van der Waals surface area contributed by atoms with Gasteiger partial charge in [0.1, 0.15) is 5.82 Å². The van der Waals surface area contributed by atoms with Gasteiger partial charge in [0, 0.05) is 0 Å². The minimum absolute atomic E-state index is 0.0793. The van der Waals surface area contributed by atoms with Gasteiger partial charge in [-0.1, -0.05) is 5.16 Å². The summed E-state index contributed by atoms with van der Waals surface area (Å²) in [4.78, 5) is 4.05. The molecular formula is C13H10F4N2O2. The lowest BCUT2D eigenvalue weighted by molar-refractivity contribution is -0.137. The van der Waals surface area contributed by atoms with E-state index in [4.69, 9.17) is 9.26 Å². The van der Waals surface area contributed by atoms with Crippen molar-refractivity contribution in [3.63, 3.8) is 0 Å². The van der Waals surface area contributed by atoms with Gasteiger partial charge in [0.05, 0.1) is 29.8 Å². The Morgan fingerprint density at radius 1 is 1.24 bits per heavy atom. The minimum Gasteiger partial charge on any atom is -0.379 e. The Morgan fingerprint density at radius 2 is 1.95 bits per heavy atom. The number of nitrogens with zero attached hydrogens (tertiary/aromatic N) is 2. The van der Waals surface area contributed by atoms with E-state index in [9.17, 15) is 17.6 Å². The van der Waals surface area contributed by atoms with Crippen LogP contribution in [0.5, 0.6) is 0 Å². The van der Waals surface area contributed by atoms with Gasteiger partial charge in [0.2, 0.25) is 11.7 Å². The van der Waals surface area contributed by atoms with E-state index in [1.54, 1.807) is 0 Å². The second-order valence-electron chi connectivity index (χ2n) is 5.17. The van der Waals surface area contributed by atoms with E-state index in [2.05, 4.69) is 10.1 Å². The molecule has 1 aromatic carbocycles. The van der Waals surface area contributed by atoms with Gasteiger partial charge in [-0.3, -0.25) is 0 Å². The SMILES string of the molecule is CC1(c2nc(-c3ccc(C(F)(F)F)cc3F)no2)COC1. The van der Waals surface area contributed by atoms with Crippen molar-refractivity contribution in [1.29, 1.82) is 0 Å². The van der Waals surface area contributed by atoms with Crippen LogP contribution in [0.4, 0.5) is 17.6 Å². The molecule has 2 heterocycles. The topological polar surface area (TPSA) is 48.2 Å². The summed E-state index contributed by atoms with van der Waals surface area (Å²) in [7, 11) is 0. The van der Waals surface area contributed by atoms with Crippen molar-refractivity contribution >= 4 is 0 Å². The molecule has 1 aromatic heterocycles. The first-order chi connectivity index (χ1) is 9.79. The highest BCUT2D eigenvalue weighted by molar-refractivity contribution is 5.56. The van der Waals surface area contributed by atoms with E-state index in [1.807, 2.05) is 6.92 Å². The fourth-order valence-electron chi connectivity index (χ4n) is 1.98. The number of ether oxygens (including phenoxy) is 1. The molecule has 0 radical (unpaired) electrons. The van der Waals surface area contributed by atoms with Crippen molar-refractivity contribution in [3.05, 3.63) is 35.5 Å². The molecule has 0 spiro atoms. The average Bonchev–Trinajstić information content (AvgIpc) is 2.84. The van der Waals surface area contributed by atoms with E-state index in [0.29, 0.717) is 19.3 Å². The summed E-state index contributed by atoms with van der Waals surface area (Å²) in [5.74, 6) is -0.848. The molecule has 0 amide bonds. The van der Waals surface area contributed by atoms with Gasteiger partial charge in [-0.2, -0.15) is 18.2 Å². The summed E-state index contributed by atoms with van der Waals surface area (Å²) in [6.45, 7) is 2.66. The number of aromatic nitrogens is 2. The Labute approximate surface area is 116 Å². The number of hydrogen-bond donors (Lipinski definition) is 0. The first-order valence-electron chi connectivity index (χ1n) is 6.09. The average molecular weight is 302 g/mol. The molecule has 0 saturated carbocycles. The Balaban J connectivity index is 1.94. The lowest BCUT2D eigenvalue weighted by atomic mass is 9.89. The predicted molar refractivity (Wildman–Crippen MR) is 62.9 cm³/mol. The van der Waals surface area contributed by atoms with E-state index in [1.165, 1.54) is 0 Å². The molecule has 112 valence electrons. The number of halogens is 4. The Kier molecular flexibility index (Phi) is 3.01. The first-order valence-corrected chi connectivity index (χ1v) is 6.09. The highest BCUT2D eigenvalue weighted by Gasteiger charge is 2.41. The normalized spacial score (nSPS) is 17.6. The quantitative estimate of drug-likeness (QED) is 0.799. The summed E-state index contributed by atoms with van der Waals surface area (Å²) in [5, 5.41) is 3.62. The van der Waals surface area contributed by atoms with Crippen LogP contribution < -0.4 is 0 Å². The summed E-state index contributed by atoms with van der Waals surface area (Å²) in [6, 6.07) is 2.19. The van der Waals surface area contributed by atoms with Crippen LogP contribution in [0.1, 0.15) is 18.4 Å². The molecule has 0 N–H and O–H groups in total. The number of rotatable bonds is 2. The van der Waals surface area contributed by atoms with Gasteiger partial charge < -0.3 is 9.26 Å². The lowest BCUT2D eigenvalue weighted by Gasteiger charge is -2.33. The van der Waals surface area contributed by atoms with Gasteiger partial charge in [0.15, 0.2) is 0 Å². The maximum absolute atomic E-state index is 13.8.